The number of aliphatic carboxylic acids is 1. The van der Waals surface area contributed by atoms with E-state index >= 15 is 0 Å². The zero-order chi connectivity index (χ0) is 14.0. The highest BCUT2D eigenvalue weighted by molar-refractivity contribution is 5.96. The zero-order valence-corrected chi connectivity index (χ0v) is 11.3. The van der Waals surface area contributed by atoms with Gasteiger partial charge in [-0.3, -0.25) is 9.59 Å². The molecule has 1 amide bonds. The first-order valence-corrected chi connectivity index (χ1v) is 6.59. The molecular weight excluding hydrogens is 242 g/mol. The molecule has 4 heteroatoms. The van der Waals surface area contributed by atoms with E-state index in [9.17, 15) is 9.59 Å². The molecule has 1 saturated carbocycles. The molecule has 2 atom stereocenters. The Bertz CT molecular complexity index is 510. The van der Waals surface area contributed by atoms with Crippen LogP contribution in [0.2, 0.25) is 0 Å². The second kappa shape index (κ2) is 5.43. The number of hydrogen-bond donors (Lipinski definition) is 2. The minimum absolute atomic E-state index is 0.0199. The van der Waals surface area contributed by atoms with Crippen LogP contribution in [0, 0.1) is 19.8 Å². The summed E-state index contributed by atoms with van der Waals surface area (Å²) >= 11 is 0. The van der Waals surface area contributed by atoms with Crippen LogP contribution in [0.25, 0.3) is 0 Å². The largest absolute Gasteiger partial charge is 0.481 e. The smallest absolute Gasteiger partial charge is 0.306 e. The number of carboxylic acids is 1. The number of amides is 1. The first-order valence-electron chi connectivity index (χ1n) is 6.59. The van der Waals surface area contributed by atoms with Crippen LogP contribution < -0.4 is 5.32 Å². The lowest BCUT2D eigenvalue weighted by Gasteiger charge is -2.14. The second-order valence-corrected chi connectivity index (χ2v) is 5.27. The monoisotopic (exact) mass is 261 g/mol. The van der Waals surface area contributed by atoms with Gasteiger partial charge in [0.05, 0.1) is 5.92 Å². The Morgan fingerprint density at radius 2 is 2.00 bits per heavy atom. The third-order valence-corrected chi connectivity index (χ3v) is 3.97. The van der Waals surface area contributed by atoms with Crippen molar-refractivity contribution in [3.63, 3.8) is 0 Å². The molecule has 1 aliphatic carbocycles. The van der Waals surface area contributed by atoms with Crippen molar-refractivity contribution in [1.29, 1.82) is 0 Å². The molecule has 0 heterocycles. The molecule has 1 aliphatic rings. The van der Waals surface area contributed by atoms with Crippen molar-refractivity contribution in [2.75, 3.05) is 0 Å². The topological polar surface area (TPSA) is 66.4 Å². The molecule has 0 aliphatic heterocycles. The Morgan fingerprint density at radius 3 is 2.63 bits per heavy atom. The number of nitrogens with one attached hydrogen (secondary N) is 1. The highest BCUT2D eigenvalue weighted by Crippen LogP contribution is 2.26. The van der Waals surface area contributed by atoms with Gasteiger partial charge in [-0.05, 0) is 50.3 Å². The molecule has 0 saturated heterocycles. The third kappa shape index (κ3) is 2.95. The maximum atomic E-state index is 12.2. The minimum Gasteiger partial charge on any atom is -0.481 e. The lowest BCUT2D eigenvalue weighted by molar-refractivity contribution is -0.141. The molecule has 0 radical (unpaired) electrons. The van der Waals surface area contributed by atoms with Crippen LogP contribution in [0.3, 0.4) is 0 Å². The lowest BCUT2D eigenvalue weighted by atomic mass is 10.0. The molecule has 2 rings (SSSR count). The minimum atomic E-state index is -0.761. The van der Waals surface area contributed by atoms with E-state index in [0.717, 1.165) is 17.5 Å². The van der Waals surface area contributed by atoms with Crippen LogP contribution in [0.15, 0.2) is 18.2 Å². The molecule has 19 heavy (non-hydrogen) atoms. The Labute approximate surface area is 112 Å². The van der Waals surface area contributed by atoms with Crippen molar-refractivity contribution < 1.29 is 14.7 Å². The predicted octanol–water partition coefficient (Wildman–Crippen LogP) is 2.29. The fourth-order valence-electron chi connectivity index (χ4n) is 2.60. The first-order chi connectivity index (χ1) is 8.99. The van der Waals surface area contributed by atoms with E-state index in [1.54, 1.807) is 6.07 Å². The van der Waals surface area contributed by atoms with Gasteiger partial charge in [-0.2, -0.15) is 0 Å². The summed E-state index contributed by atoms with van der Waals surface area (Å²) in [5, 5.41) is 11.9. The molecule has 0 aromatic heterocycles. The summed E-state index contributed by atoms with van der Waals surface area (Å²) in [6.45, 7) is 3.90. The van der Waals surface area contributed by atoms with Gasteiger partial charge in [0.1, 0.15) is 0 Å². The highest BCUT2D eigenvalue weighted by Gasteiger charge is 2.30. The highest BCUT2D eigenvalue weighted by atomic mass is 16.4. The Balaban J connectivity index is 2.02. The summed E-state index contributed by atoms with van der Waals surface area (Å²) in [5.41, 5.74) is 2.74. The van der Waals surface area contributed by atoms with Crippen molar-refractivity contribution in [3.8, 4) is 0 Å². The summed E-state index contributed by atoms with van der Waals surface area (Å²) in [4.78, 5) is 23.1. The standard InChI is InChI=1S/C15H19NO3/c1-9-4-3-5-13(10(9)2)14(17)16-12-7-6-11(8-12)15(18)19/h3-5,11-12H,6-8H2,1-2H3,(H,16,17)(H,18,19)/t11-,12+/m1/s1. The average molecular weight is 261 g/mol. The Morgan fingerprint density at radius 1 is 1.26 bits per heavy atom. The van der Waals surface area contributed by atoms with Gasteiger partial charge in [0, 0.05) is 11.6 Å². The van der Waals surface area contributed by atoms with E-state index in [2.05, 4.69) is 5.32 Å². The summed E-state index contributed by atoms with van der Waals surface area (Å²) in [5.74, 6) is -1.18. The van der Waals surface area contributed by atoms with Crippen LogP contribution in [0.1, 0.15) is 40.7 Å². The Kier molecular flexibility index (Phi) is 3.88. The van der Waals surface area contributed by atoms with Crippen LogP contribution in [-0.4, -0.2) is 23.0 Å². The average Bonchev–Trinajstić information content (AvgIpc) is 2.81. The molecule has 102 valence electrons. The molecule has 1 fully saturated rings. The van der Waals surface area contributed by atoms with Crippen LogP contribution in [0.5, 0.6) is 0 Å². The number of rotatable bonds is 3. The van der Waals surface area contributed by atoms with Crippen LogP contribution >= 0.6 is 0 Å². The molecule has 0 spiro atoms. The zero-order valence-electron chi connectivity index (χ0n) is 11.3. The molecule has 0 bridgehead atoms. The number of hydrogen-bond acceptors (Lipinski definition) is 2. The summed E-state index contributed by atoms with van der Waals surface area (Å²) in [6, 6.07) is 5.63. The maximum absolute atomic E-state index is 12.2. The SMILES string of the molecule is Cc1cccc(C(=O)N[C@H]2CC[C@@H](C(=O)O)C2)c1C. The number of carbonyl (C=O) groups is 2. The number of benzene rings is 1. The lowest BCUT2D eigenvalue weighted by Crippen LogP contribution is -2.33. The first kappa shape index (κ1) is 13.6. The van der Waals surface area contributed by atoms with Crippen molar-refractivity contribution in [2.45, 2.75) is 39.2 Å². The molecular formula is C15H19NO3. The van der Waals surface area contributed by atoms with Gasteiger partial charge in [0.25, 0.3) is 5.91 Å². The molecule has 0 unspecified atom stereocenters. The molecule has 1 aromatic carbocycles. The maximum Gasteiger partial charge on any atom is 0.306 e. The van der Waals surface area contributed by atoms with Crippen molar-refractivity contribution in [1.82, 2.24) is 5.32 Å². The van der Waals surface area contributed by atoms with E-state index in [4.69, 9.17) is 5.11 Å². The fraction of sp³-hybridized carbons (Fsp3) is 0.467. The number of carboxylic acid groups (broad SMARTS) is 1. The van der Waals surface area contributed by atoms with E-state index in [0.29, 0.717) is 18.4 Å². The van der Waals surface area contributed by atoms with E-state index in [1.807, 2.05) is 26.0 Å². The number of carbonyl (C=O) groups excluding carboxylic acids is 1. The summed E-state index contributed by atoms with van der Waals surface area (Å²) < 4.78 is 0. The molecule has 2 N–H and O–H groups in total. The predicted molar refractivity (Wildman–Crippen MR) is 72.1 cm³/mol. The van der Waals surface area contributed by atoms with Crippen molar-refractivity contribution in [3.05, 3.63) is 34.9 Å². The van der Waals surface area contributed by atoms with Gasteiger partial charge in [-0.25, -0.2) is 0 Å². The van der Waals surface area contributed by atoms with Gasteiger partial charge in [0.2, 0.25) is 0 Å². The van der Waals surface area contributed by atoms with Crippen molar-refractivity contribution in [2.24, 2.45) is 5.92 Å². The van der Waals surface area contributed by atoms with Gasteiger partial charge < -0.3 is 10.4 Å². The normalized spacial score (nSPS) is 22.2. The van der Waals surface area contributed by atoms with E-state index in [1.165, 1.54) is 0 Å². The van der Waals surface area contributed by atoms with Crippen LogP contribution in [0.4, 0.5) is 0 Å². The summed E-state index contributed by atoms with van der Waals surface area (Å²) in [7, 11) is 0. The van der Waals surface area contributed by atoms with Crippen LogP contribution in [-0.2, 0) is 4.79 Å². The van der Waals surface area contributed by atoms with Gasteiger partial charge >= 0.3 is 5.97 Å². The molecule has 4 nitrogen and oxygen atoms in total. The number of aryl methyl sites for hydroxylation is 1. The molecule has 1 aromatic rings. The van der Waals surface area contributed by atoms with Gasteiger partial charge in [-0.1, -0.05) is 12.1 Å². The van der Waals surface area contributed by atoms with E-state index < -0.39 is 5.97 Å². The Hall–Kier alpha value is -1.84. The van der Waals surface area contributed by atoms with E-state index in [-0.39, 0.29) is 17.9 Å². The van der Waals surface area contributed by atoms with Gasteiger partial charge in [-0.15, -0.1) is 0 Å². The third-order valence-electron chi connectivity index (χ3n) is 3.97. The second-order valence-electron chi connectivity index (χ2n) is 5.27. The summed E-state index contributed by atoms with van der Waals surface area (Å²) in [6.07, 6.45) is 1.92. The van der Waals surface area contributed by atoms with Crippen molar-refractivity contribution >= 4 is 11.9 Å². The quantitative estimate of drug-likeness (QED) is 0.877. The van der Waals surface area contributed by atoms with Gasteiger partial charge in [0.15, 0.2) is 0 Å². The fourth-order valence-corrected chi connectivity index (χ4v) is 2.60.